The van der Waals surface area contributed by atoms with Crippen LogP contribution in [0.25, 0.3) is 0 Å². The number of carbonyl (C=O) groups is 7. The van der Waals surface area contributed by atoms with Crippen LogP contribution in [0.1, 0.15) is 64.4 Å². The van der Waals surface area contributed by atoms with Gasteiger partial charge < -0.3 is 45.4 Å². The first kappa shape index (κ1) is 44.0. The Morgan fingerprint density at radius 3 is 2.18 bits per heavy atom. The summed E-state index contributed by atoms with van der Waals surface area (Å²) in [6, 6.07) is 13.9. The lowest BCUT2D eigenvalue weighted by atomic mass is 9.99. The van der Waals surface area contributed by atoms with Crippen LogP contribution in [0, 0.1) is 12.8 Å². The zero-order chi connectivity index (χ0) is 41.5. The quantitative estimate of drug-likeness (QED) is 0.337. The molecule has 5 atom stereocenters. The first-order chi connectivity index (χ1) is 27.3. The first-order valence-electron chi connectivity index (χ1n) is 19.6. The van der Waals surface area contributed by atoms with E-state index in [4.69, 9.17) is 9.47 Å². The van der Waals surface area contributed by atoms with Crippen molar-refractivity contribution in [3.8, 4) is 5.75 Å². The van der Waals surface area contributed by atoms with Gasteiger partial charge in [-0.2, -0.15) is 0 Å². The van der Waals surface area contributed by atoms with Crippen LogP contribution < -0.4 is 26.0 Å². The number of nitrogens with zero attached hydrogens (tertiary/aromatic N) is 3. The van der Waals surface area contributed by atoms with Crippen LogP contribution in [0.2, 0.25) is 0 Å². The number of piperidine rings is 1. The predicted octanol–water partition coefficient (Wildman–Crippen LogP) is 2.60. The highest BCUT2D eigenvalue weighted by molar-refractivity contribution is 5.96. The first-order valence-corrected chi connectivity index (χ1v) is 19.6. The smallest absolute Gasteiger partial charge is 0.328 e. The molecule has 16 heteroatoms. The van der Waals surface area contributed by atoms with Gasteiger partial charge in [0.2, 0.25) is 29.5 Å². The molecule has 4 aliphatic rings. The normalized spacial score (nSPS) is 23.8. The van der Waals surface area contributed by atoms with Gasteiger partial charge in [-0.05, 0) is 82.6 Å². The second-order valence-corrected chi connectivity index (χ2v) is 14.6. The molecule has 57 heavy (non-hydrogen) atoms. The Kier molecular flexibility index (Phi) is 16.7. The topological polar surface area (TPSA) is 196 Å². The van der Waals surface area contributed by atoms with Gasteiger partial charge in [0.25, 0.3) is 0 Å². The lowest BCUT2D eigenvalue weighted by molar-refractivity contribution is -0.156. The van der Waals surface area contributed by atoms with Crippen LogP contribution in [0.15, 0.2) is 54.6 Å². The number of fused-ring (bicyclic) bond motifs is 3. The van der Waals surface area contributed by atoms with Crippen molar-refractivity contribution < 1.29 is 43.0 Å². The van der Waals surface area contributed by atoms with E-state index in [9.17, 15) is 33.6 Å². The molecule has 0 bridgehead atoms. The highest BCUT2D eigenvalue weighted by Gasteiger charge is 2.44. The van der Waals surface area contributed by atoms with Crippen LogP contribution in [0.3, 0.4) is 0 Å². The Morgan fingerprint density at radius 2 is 1.53 bits per heavy atom. The second-order valence-electron chi connectivity index (χ2n) is 14.6. The molecule has 0 saturated carbocycles. The molecule has 6 rings (SSSR count). The number of esters is 1. The van der Waals surface area contributed by atoms with E-state index in [1.54, 1.807) is 48.1 Å². The third kappa shape index (κ3) is 12.7. The summed E-state index contributed by atoms with van der Waals surface area (Å²) in [6.45, 7) is 6.86. The summed E-state index contributed by atoms with van der Waals surface area (Å²) < 4.78 is 10.4. The number of cyclic esters (lactones) is 1. The number of hydrogen-bond acceptors (Lipinski definition) is 9. The lowest BCUT2D eigenvalue weighted by Gasteiger charge is -2.38. The van der Waals surface area contributed by atoms with Crippen molar-refractivity contribution in [2.24, 2.45) is 5.92 Å². The van der Waals surface area contributed by atoms with E-state index in [1.807, 2.05) is 25.1 Å². The van der Waals surface area contributed by atoms with Gasteiger partial charge in [-0.1, -0.05) is 42.8 Å². The summed E-state index contributed by atoms with van der Waals surface area (Å²) >= 11 is 0. The van der Waals surface area contributed by atoms with E-state index in [1.165, 1.54) is 17.5 Å². The van der Waals surface area contributed by atoms with E-state index in [0.29, 0.717) is 56.8 Å². The maximum atomic E-state index is 13.4. The lowest BCUT2D eigenvalue weighted by Crippen LogP contribution is -2.59. The van der Waals surface area contributed by atoms with Gasteiger partial charge in [0.15, 0.2) is 0 Å². The van der Waals surface area contributed by atoms with Gasteiger partial charge in [0.1, 0.15) is 36.5 Å². The van der Waals surface area contributed by atoms with Gasteiger partial charge in [-0.3, -0.25) is 24.0 Å². The number of carbonyl (C=O) groups excluding carboxylic acids is 7. The third-order valence-corrected chi connectivity index (χ3v) is 10.3. The van der Waals surface area contributed by atoms with Gasteiger partial charge in [0.05, 0.1) is 20.1 Å². The Hall–Kier alpha value is -5.67. The number of nitrogens with one attached hydrogen (secondary N) is 4. The maximum Gasteiger partial charge on any atom is 0.328 e. The SMILES string of the molecule is CC1CC2C(=O)OCCC(=O)N3CCCC3C(=O)N3CCCCC3C(=O)NC(C)C(=O)N2C1.CNC(=O)CNC(=O)Nc1ccc(OC)cc1.Cc1ccccc1. The molecule has 0 aliphatic carbocycles. The van der Waals surface area contributed by atoms with Crippen molar-refractivity contribution in [2.45, 2.75) is 89.9 Å². The van der Waals surface area contributed by atoms with E-state index in [0.717, 1.165) is 12.8 Å². The molecule has 2 aromatic carbocycles. The average molecular weight is 792 g/mol. The van der Waals surface area contributed by atoms with E-state index in [-0.39, 0.29) is 55.0 Å². The van der Waals surface area contributed by atoms with Crippen molar-refractivity contribution in [1.82, 2.24) is 30.7 Å². The molecule has 16 nitrogen and oxygen atoms in total. The minimum Gasteiger partial charge on any atom is -0.497 e. The molecule has 4 heterocycles. The number of ether oxygens (including phenoxy) is 2. The Balaban J connectivity index is 0.000000248. The fourth-order valence-corrected chi connectivity index (χ4v) is 7.23. The molecule has 5 unspecified atom stereocenters. The largest absolute Gasteiger partial charge is 0.497 e. The molecule has 0 radical (unpaired) electrons. The zero-order valence-corrected chi connectivity index (χ0v) is 33.6. The van der Waals surface area contributed by atoms with Gasteiger partial charge in [-0.25, -0.2) is 9.59 Å². The maximum absolute atomic E-state index is 13.4. The van der Waals surface area contributed by atoms with Crippen LogP contribution in [-0.4, -0.2) is 127 Å². The molecule has 4 aliphatic heterocycles. The molecular formula is C41H57N7O9. The summed E-state index contributed by atoms with van der Waals surface area (Å²) in [6.07, 6.45) is 3.88. The second kappa shape index (κ2) is 21.6. The monoisotopic (exact) mass is 791 g/mol. The number of hydrogen-bond donors (Lipinski definition) is 4. The summed E-state index contributed by atoms with van der Waals surface area (Å²) in [5.74, 6) is -1.10. The van der Waals surface area contributed by atoms with E-state index >= 15 is 0 Å². The highest BCUT2D eigenvalue weighted by Crippen LogP contribution is 2.27. The zero-order valence-electron chi connectivity index (χ0n) is 33.6. The van der Waals surface area contributed by atoms with Crippen molar-refractivity contribution in [1.29, 1.82) is 0 Å². The van der Waals surface area contributed by atoms with Crippen LogP contribution >= 0.6 is 0 Å². The van der Waals surface area contributed by atoms with Crippen LogP contribution in [0.4, 0.5) is 10.5 Å². The van der Waals surface area contributed by atoms with Crippen molar-refractivity contribution >= 4 is 47.2 Å². The number of amides is 7. The van der Waals surface area contributed by atoms with Crippen LogP contribution in [0.5, 0.6) is 5.75 Å². The molecule has 4 N–H and O–H groups in total. The molecule has 4 saturated heterocycles. The molecule has 4 fully saturated rings. The molecule has 310 valence electrons. The van der Waals surface area contributed by atoms with E-state index in [2.05, 4.69) is 40.3 Å². The van der Waals surface area contributed by atoms with Crippen molar-refractivity contribution in [3.63, 3.8) is 0 Å². The summed E-state index contributed by atoms with van der Waals surface area (Å²) in [5.41, 5.74) is 1.95. The molecule has 2 aromatic rings. The summed E-state index contributed by atoms with van der Waals surface area (Å²) in [5, 5.41) is 10.2. The average Bonchev–Trinajstić information content (AvgIpc) is 3.87. The van der Waals surface area contributed by atoms with Gasteiger partial charge in [-0.15, -0.1) is 0 Å². The van der Waals surface area contributed by atoms with Crippen LogP contribution in [-0.2, 0) is 33.5 Å². The highest BCUT2D eigenvalue weighted by atomic mass is 16.5. The number of methoxy groups -OCH3 is 1. The minimum atomic E-state index is -0.825. The molecule has 0 spiro atoms. The standard InChI is InChI=1S/C23H34N4O6.C11H15N3O3.C7H8/c1-14-12-18-23(32)33-11-8-19(28)25-10-5-7-17(25)22(31)26-9-4-3-6-16(26)20(29)24-15(2)21(30)27(18)13-14;1-12-10(15)7-13-11(16)14-8-3-5-9(17-2)6-4-8;1-7-5-3-2-4-6-7/h14-18H,3-13H2,1-2H3,(H,24,29);3-6H,7H2,1-2H3,(H,12,15)(H2,13,14,16);2-6H,1H3. The number of anilines is 1. The van der Waals surface area contributed by atoms with E-state index < -0.39 is 36.2 Å². The molecular weight excluding hydrogens is 734 g/mol. The molecule has 0 aromatic heterocycles. The molecule has 7 amide bonds. The minimum absolute atomic E-state index is 0.00788. The number of benzene rings is 2. The Bertz CT molecular complexity index is 1710. The van der Waals surface area contributed by atoms with Crippen molar-refractivity contribution in [2.75, 3.05) is 52.3 Å². The predicted molar refractivity (Wildman–Crippen MR) is 212 cm³/mol. The number of rotatable bonds is 4. The third-order valence-electron chi connectivity index (χ3n) is 10.3. The number of likely N-dealkylation sites (N-methyl/N-ethyl adjacent to an activating group) is 1. The Morgan fingerprint density at radius 1 is 0.842 bits per heavy atom. The van der Waals surface area contributed by atoms with Gasteiger partial charge >= 0.3 is 12.0 Å². The number of urea groups is 1. The van der Waals surface area contributed by atoms with Gasteiger partial charge in [0, 0.05) is 32.4 Å². The summed E-state index contributed by atoms with van der Waals surface area (Å²) in [4.78, 5) is 92.2. The summed E-state index contributed by atoms with van der Waals surface area (Å²) in [7, 11) is 3.07. The number of aryl methyl sites for hydroxylation is 1. The fraction of sp³-hybridized carbons (Fsp3) is 0.537. The Labute approximate surface area is 334 Å². The van der Waals surface area contributed by atoms with Crippen molar-refractivity contribution in [3.05, 3.63) is 60.2 Å². The fourth-order valence-electron chi connectivity index (χ4n) is 7.23.